The predicted octanol–water partition coefficient (Wildman–Crippen LogP) is 5.69. The molecule has 6 rings (SSSR count). The van der Waals surface area contributed by atoms with Crippen LogP contribution in [-0.2, 0) is 6.54 Å². The number of nitrogens with one attached hydrogen (secondary N) is 2. The van der Waals surface area contributed by atoms with Crippen molar-refractivity contribution >= 4 is 33.8 Å². The number of aromatic amines is 1. The molecule has 0 spiro atoms. The van der Waals surface area contributed by atoms with Crippen LogP contribution in [0.15, 0.2) is 71.5 Å². The number of hydrogen-bond donors (Lipinski definition) is 3. The summed E-state index contributed by atoms with van der Waals surface area (Å²) < 4.78 is 1.96. The van der Waals surface area contributed by atoms with E-state index in [2.05, 4.69) is 44.4 Å². The lowest BCUT2D eigenvalue weighted by molar-refractivity contribution is 0.319. The Labute approximate surface area is 217 Å². The Morgan fingerprint density at radius 2 is 1.51 bits per heavy atom. The van der Waals surface area contributed by atoms with E-state index in [1.807, 2.05) is 41.0 Å². The summed E-state index contributed by atoms with van der Waals surface area (Å²) in [7, 11) is 0. The molecule has 1 aliphatic heterocycles. The number of H-pyrrole nitrogens is 1. The number of benzene rings is 3. The second-order valence-corrected chi connectivity index (χ2v) is 10.4. The van der Waals surface area contributed by atoms with Crippen molar-refractivity contribution in [3.63, 3.8) is 0 Å². The highest BCUT2D eigenvalue weighted by atomic mass is 16.3. The van der Waals surface area contributed by atoms with Gasteiger partial charge in [-0.1, -0.05) is 49.6 Å². The van der Waals surface area contributed by atoms with Gasteiger partial charge in [0.1, 0.15) is 5.75 Å². The number of hydrogen-bond acceptors (Lipinski definition) is 5. The van der Waals surface area contributed by atoms with Gasteiger partial charge in [0, 0.05) is 38.4 Å². The van der Waals surface area contributed by atoms with Gasteiger partial charge in [-0.3, -0.25) is 4.57 Å². The summed E-state index contributed by atoms with van der Waals surface area (Å²) in [4.78, 5) is 20.8. The van der Waals surface area contributed by atoms with Gasteiger partial charge < -0.3 is 25.2 Å². The lowest BCUT2D eigenvalue weighted by atomic mass is 9.89. The summed E-state index contributed by atoms with van der Waals surface area (Å²) in [6, 6.07) is 22.0. The van der Waals surface area contributed by atoms with Gasteiger partial charge in [-0.05, 0) is 55.2 Å². The number of aromatic hydroxyl groups is 1. The molecule has 1 saturated heterocycles. The number of rotatable bonds is 6. The summed E-state index contributed by atoms with van der Waals surface area (Å²) in [5.41, 5.74) is 5.81. The first kappa shape index (κ1) is 23.5. The fraction of sp³-hybridized carbons (Fsp3) is 0.367. The highest BCUT2D eigenvalue weighted by Crippen LogP contribution is 2.35. The number of para-hydroxylation sites is 3. The van der Waals surface area contributed by atoms with Crippen molar-refractivity contribution in [2.45, 2.75) is 38.6 Å². The quantitative estimate of drug-likeness (QED) is 0.319. The van der Waals surface area contributed by atoms with Gasteiger partial charge in [-0.15, -0.1) is 0 Å². The fourth-order valence-electron chi connectivity index (χ4n) is 5.96. The molecule has 0 bridgehead atoms. The molecule has 2 fully saturated rings. The lowest BCUT2D eigenvalue weighted by Crippen LogP contribution is -2.46. The number of piperazine rings is 1. The van der Waals surface area contributed by atoms with Crippen LogP contribution in [-0.4, -0.2) is 40.8 Å². The third-order valence-electron chi connectivity index (χ3n) is 7.95. The number of aromatic nitrogens is 2. The average molecular weight is 498 g/mol. The number of phenolic OH excluding ortho intramolecular Hbond substituents is 1. The second kappa shape index (κ2) is 10.2. The molecular weight excluding hydrogens is 462 g/mol. The zero-order valence-corrected chi connectivity index (χ0v) is 21.2. The van der Waals surface area contributed by atoms with Crippen LogP contribution in [0.25, 0.3) is 11.0 Å². The van der Waals surface area contributed by atoms with Gasteiger partial charge in [0.15, 0.2) is 0 Å². The molecule has 0 amide bonds. The zero-order valence-electron chi connectivity index (χ0n) is 21.2. The molecule has 2 heterocycles. The maximum Gasteiger partial charge on any atom is 0.326 e. The van der Waals surface area contributed by atoms with Crippen molar-refractivity contribution in [3.05, 3.63) is 77.2 Å². The Morgan fingerprint density at radius 1 is 0.838 bits per heavy atom. The summed E-state index contributed by atoms with van der Waals surface area (Å²) in [6.45, 7) is 4.04. The smallest absolute Gasteiger partial charge is 0.326 e. The molecule has 3 N–H and O–H groups in total. The van der Waals surface area contributed by atoms with Crippen LogP contribution in [0.2, 0.25) is 0 Å². The van der Waals surface area contributed by atoms with Crippen LogP contribution < -0.4 is 20.8 Å². The third-order valence-corrected chi connectivity index (χ3v) is 7.95. The Balaban J connectivity index is 1.34. The first-order chi connectivity index (χ1) is 18.2. The largest absolute Gasteiger partial charge is 0.506 e. The first-order valence-corrected chi connectivity index (χ1v) is 13.5. The van der Waals surface area contributed by atoms with Crippen LogP contribution in [0.3, 0.4) is 0 Å². The van der Waals surface area contributed by atoms with Gasteiger partial charge >= 0.3 is 5.69 Å². The molecular formula is C30H35N5O2. The molecule has 192 valence electrons. The van der Waals surface area contributed by atoms with E-state index in [0.29, 0.717) is 11.7 Å². The van der Waals surface area contributed by atoms with Crippen molar-refractivity contribution in [2.75, 3.05) is 41.3 Å². The number of fused-ring (bicyclic) bond motifs is 1. The normalized spacial score (nSPS) is 16.9. The van der Waals surface area contributed by atoms with Gasteiger partial charge in [-0.2, -0.15) is 0 Å². The van der Waals surface area contributed by atoms with Crippen LogP contribution >= 0.6 is 0 Å². The minimum atomic E-state index is -0.0206. The standard InChI is InChI=1S/C30H35N5O2/c36-29-14-8-7-13-26(29)33-15-17-34(18-16-33)27-20-28-25(19-24(27)31-23-11-5-2-6-12-23)32-30(37)35(28)21-22-9-3-1-4-10-22/h2,5-8,11-14,19-20,22,31,36H,1,3-4,9-10,15-18,21H2,(H,32,37). The van der Waals surface area contributed by atoms with E-state index in [9.17, 15) is 9.90 Å². The summed E-state index contributed by atoms with van der Waals surface area (Å²) in [5.74, 6) is 0.890. The van der Waals surface area contributed by atoms with E-state index in [0.717, 1.165) is 66.5 Å². The Morgan fingerprint density at radius 3 is 2.24 bits per heavy atom. The minimum Gasteiger partial charge on any atom is -0.506 e. The van der Waals surface area contributed by atoms with Crippen LogP contribution in [0.5, 0.6) is 5.75 Å². The molecule has 3 aromatic carbocycles. The molecule has 7 heteroatoms. The fourth-order valence-corrected chi connectivity index (χ4v) is 5.96. The zero-order chi connectivity index (χ0) is 25.2. The van der Waals surface area contributed by atoms with E-state index in [-0.39, 0.29) is 5.69 Å². The van der Waals surface area contributed by atoms with Crippen molar-refractivity contribution < 1.29 is 5.11 Å². The Kier molecular flexibility index (Phi) is 6.51. The van der Waals surface area contributed by atoms with Crippen molar-refractivity contribution in [2.24, 2.45) is 5.92 Å². The van der Waals surface area contributed by atoms with Crippen molar-refractivity contribution in [3.8, 4) is 5.75 Å². The lowest BCUT2D eigenvalue weighted by Gasteiger charge is -2.38. The maximum absolute atomic E-state index is 13.0. The molecule has 37 heavy (non-hydrogen) atoms. The van der Waals surface area contributed by atoms with E-state index < -0.39 is 0 Å². The van der Waals surface area contributed by atoms with E-state index >= 15 is 0 Å². The second-order valence-electron chi connectivity index (χ2n) is 10.4. The molecule has 0 atom stereocenters. The van der Waals surface area contributed by atoms with Crippen LogP contribution in [0.1, 0.15) is 32.1 Å². The van der Waals surface area contributed by atoms with Gasteiger partial charge in [-0.25, -0.2) is 4.79 Å². The SMILES string of the molecule is O=c1[nH]c2cc(Nc3ccccc3)c(N3CCN(c4ccccc4O)CC3)cc2n1CC1CCCCC1. The monoisotopic (exact) mass is 497 g/mol. The maximum atomic E-state index is 13.0. The van der Waals surface area contributed by atoms with E-state index in [1.54, 1.807) is 6.07 Å². The van der Waals surface area contributed by atoms with Crippen molar-refractivity contribution in [1.29, 1.82) is 0 Å². The number of phenols is 1. The van der Waals surface area contributed by atoms with E-state index in [4.69, 9.17) is 0 Å². The number of nitrogens with zero attached hydrogens (tertiary/aromatic N) is 3. The highest BCUT2D eigenvalue weighted by Gasteiger charge is 2.24. The Hall–Kier alpha value is -3.87. The summed E-state index contributed by atoms with van der Waals surface area (Å²) in [5, 5.41) is 13.9. The number of imidazole rings is 1. The highest BCUT2D eigenvalue weighted by molar-refractivity contribution is 5.90. The average Bonchev–Trinajstić information content (AvgIpc) is 3.23. The predicted molar refractivity (Wildman–Crippen MR) is 151 cm³/mol. The van der Waals surface area contributed by atoms with Gasteiger partial charge in [0.2, 0.25) is 0 Å². The summed E-state index contributed by atoms with van der Waals surface area (Å²) in [6.07, 6.45) is 6.24. The molecule has 1 saturated carbocycles. The van der Waals surface area contributed by atoms with E-state index in [1.165, 1.54) is 32.1 Å². The molecule has 7 nitrogen and oxygen atoms in total. The molecule has 2 aliphatic rings. The van der Waals surface area contributed by atoms with Crippen LogP contribution in [0, 0.1) is 5.92 Å². The molecule has 0 radical (unpaired) electrons. The molecule has 0 unspecified atom stereocenters. The van der Waals surface area contributed by atoms with Gasteiger partial charge in [0.25, 0.3) is 0 Å². The number of anilines is 4. The third kappa shape index (κ3) is 4.90. The van der Waals surface area contributed by atoms with Gasteiger partial charge in [0.05, 0.1) is 28.1 Å². The minimum absolute atomic E-state index is 0.0206. The Bertz CT molecular complexity index is 1410. The van der Waals surface area contributed by atoms with Crippen LogP contribution in [0.4, 0.5) is 22.7 Å². The van der Waals surface area contributed by atoms with Crippen molar-refractivity contribution in [1.82, 2.24) is 9.55 Å². The molecule has 1 aliphatic carbocycles. The molecule has 4 aromatic rings. The first-order valence-electron chi connectivity index (χ1n) is 13.5. The molecule has 1 aromatic heterocycles. The summed E-state index contributed by atoms with van der Waals surface area (Å²) >= 11 is 0. The topological polar surface area (TPSA) is 76.5 Å².